The first-order valence-electron chi connectivity index (χ1n) is 19.5. The fraction of sp³-hybridized carbons (Fsp3) is 0.372. The van der Waals surface area contributed by atoms with Crippen LogP contribution >= 0.6 is 0 Å². The van der Waals surface area contributed by atoms with Crippen LogP contribution in [-0.2, 0) is 34.0 Å². The zero-order valence-corrected chi connectivity index (χ0v) is 36.1. The van der Waals surface area contributed by atoms with Gasteiger partial charge in [0.25, 0.3) is 11.8 Å². The Labute approximate surface area is 354 Å². The van der Waals surface area contributed by atoms with Gasteiger partial charge in [-0.1, -0.05) is 24.3 Å². The van der Waals surface area contributed by atoms with Gasteiger partial charge in [0.05, 0.1) is 19.6 Å². The maximum atomic E-state index is 13.6. The van der Waals surface area contributed by atoms with Crippen molar-refractivity contribution in [2.75, 3.05) is 53.5 Å². The molecule has 4 aromatic rings. The number of nitrogens with zero attached hydrogens (tertiary/aromatic N) is 1. The van der Waals surface area contributed by atoms with E-state index in [1.165, 1.54) is 68.7 Å². The topological polar surface area (TPSA) is 187 Å². The van der Waals surface area contributed by atoms with Gasteiger partial charge in [0, 0.05) is 45.6 Å². The molecule has 2 saturated heterocycles. The minimum atomic E-state index is -4.02. The summed E-state index contributed by atoms with van der Waals surface area (Å²) in [5.74, 6) is -1.38. The molecule has 0 spiro atoms. The average Bonchev–Trinajstić information content (AvgIpc) is 3.95. The molecule has 0 bridgehead atoms. The largest absolute Gasteiger partial charge is 0.483 e. The van der Waals surface area contributed by atoms with Crippen molar-refractivity contribution in [1.29, 1.82) is 0 Å². The number of ether oxygens (including phenoxy) is 3. The molecule has 0 radical (unpaired) electrons. The summed E-state index contributed by atoms with van der Waals surface area (Å²) < 4.78 is 95.7. The predicted molar refractivity (Wildman–Crippen MR) is 221 cm³/mol. The fourth-order valence-corrected chi connectivity index (χ4v) is 9.30. The van der Waals surface area contributed by atoms with Gasteiger partial charge in [0.2, 0.25) is 19.7 Å². The molecule has 2 aliphatic rings. The van der Waals surface area contributed by atoms with E-state index in [1.54, 1.807) is 37.8 Å². The third kappa shape index (κ3) is 12.0. The van der Waals surface area contributed by atoms with Crippen molar-refractivity contribution in [2.24, 2.45) is 0 Å². The van der Waals surface area contributed by atoms with Crippen LogP contribution < -0.4 is 25.4 Å². The second kappa shape index (κ2) is 19.9. The van der Waals surface area contributed by atoms with Crippen molar-refractivity contribution in [1.82, 2.24) is 20.9 Å². The molecule has 2 atom stereocenters. The fourth-order valence-electron chi connectivity index (χ4n) is 6.69. The number of carbonyl (C=O) groups excluding carboxylic acids is 3. The van der Waals surface area contributed by atoms with E-state index in [9.17, 15) is 40.0 Å². The summed E-state index contributed by atoms with van der Waals surface area (Å²) in [6.07, 6.45) is 1.09. The Morgan fingerprint density at radius 2 is 1.18 bits per heavy atom. The maximum absolute atomic E-state index is 13.6. The predicted octanol–water partition coefficient (Wildman–Crippen LogP) is 5.37. The normalized spacial score (nSPS) is 16.5. The molecule has 2 heterocycles. The molecule has 6 rings (SSSR count). The van der Waals surface area contributed by atoms with Crippen LogP contribution in [0.2, 0.25) is 0 Å². The number of hydrogen-bond acceptors (Lipinski definition) is 11. The smallest absolute Gasteiger partial charge is 0.410 e. The minimum absolute atomic E-state index is 0.00490. The van der Waals surface area contributed by atoms with Gasteiger partial charge in [-0.3, -0.25) is 9.59 Å². The molecule has 2 unspecified atom stereocenters. The lowest BCUT2D eigenvalue weighted by Crippen LogP contribution is -2.35. The molecular weight excluding hydrogens is 835 g/mol. The zero-order chi connectivity index (χ0) is 44.5. The van der Waals surface area contributed by atoms with Crippen molar-refractivity contribution in [3.05, 3.63) is 108 Å². The molecule has 0 aromatic heterocycles. The maximum Gasteiger partial charge on any atom is 0.410 e. The minimum Gasteiger partial charge on any atom is -0.483 e. The summed E-state index contributed by atoms with van der Waals surface area (Å²) in [5.41, 5.74) is 0.902. The van der Waals surface area contributed by atoms with Crippen LogP contribution in [0.3, 0.4) is 0 Å². The van der Waals surface area contributed by atoms with Gasteiger partial charge in [-0.25, -0.2) is 30.4 Å². The Hall–Kier alpha value is -5.59. The van der Waals surface area contributed by atoms with Gasteiger partial charge in [-0.2, -0.15) is 0 Å². The molecule has 18 heteroatoms. The number of benzene rings is 4. The number of halogens is 2. The quantitative estimate of drug-likeness (QED) is 0.166. The van der Waals surface area contributed by atoms with E-state index in [-0.39, 0.29) is 62.2 Å². The van der Waals surface area contributed by atoms with E-state index in [0.717, 1.165) is 43.3 Å². The first-order valence-corrected chi connectivity index (χ1v) is 22.4. The van der Waals surface area contributed by atoms with E-state index in [0.29, 0.717) is 30.8 Å². The Morgan fingerprint density at radius 1 is 0.705 bits per heavy atom. The van der Waals surface area contributed by atoms with Crippen LogP contribution in [-0.4, -0.2) is 98.7 Å². The molecule has 328 valence electrons. The number of hydrogen-bond donors (Lipinski definition) is 3. The van der Waals surface area contributed by atoms with Crippen LogP contribution in [0.5, 0.6) is 11.5 Å². The lowest BCUT2D eigenvalue weighted by atomic mass is 9.97. The van der Waals surface area contributed by atoms with Gasteiger partial charge in [0.1, 0.15) is 28.7 Å². The summed E-state index contributed by atoms with van der Waals surface area (Å²) in [7, 11) is -4.96. The van der Waals surface area contributed by atoms with E-state index in [2.05, 4.69) is 16.0 Å². The molecular formula is C43H50F2N4O10S2. The van der Waals surface area contributed by atoms with Crippen LogP contribution in [0.1, 0.15) is 56.6 Å². The van der Waals surface area contributed by atoms with Crippen molar-refractivity contribution >= 4 is 37.6 Å². The van der Waals surface area contributed by atoms with Crippen molar-refractivity contribution in [2.45, 2.75) is 70.6 Å². The Bertz CT molecular complexity index is 2450. The summed E-state index contributed by atoms with van der Waals surface area (Å²) in [4.78, 5) is 37.0. The molecule has 2 fully saturated rings. The third-order valence-electron chi connectivity index (χ3n) is 9.86. The Balaban J connectivity index is 0.000000237. The van der Waals surface area contributed by atoms with Gasteiger partial charge >= 0.3 is 6.09 Å². The first kappa shape index (κ1) is 46.5. The zero-order valence-electron chi connectivity index (χ0n) is 34.5. The SMILES string of the molecule is CNC(=O)COc1cc(S(=O)(=O)c2cccc(F)c2)ccc1C1CCN(C(=O)OC(C)(C)C)C1.CNC(=O)COc1cc(S(=O)(=O)c2cccc(F)c2)ccc1C1CCNC1. The molecule has 0 aliphatic carbocycles. The summed E-state index contributed by atoms with van der Waals surface area (Å²) in [6.45, 7) is 7.31. The summed E-state index contributed by atoms with van der Waals surface area (Å²) >= 11 is 0. The standard InChI is InChI=1S/C24H29FN2O6S.C19H21FN2O4S/c1-24(2,3)33-23(29)27-11-10-16(14-27)20-9-8-19(13-21(20)32-15-22(28)26-4)34(30,31)18-7-5-6-17(25)12-18;1-21-19(23)12-26-18-10-16(5-6-17(18)13-7-8-22-11-13)27(24,25)15-4-2-3-14(20)9-15/h5-9,12-13,16H,10-11,14-15H2,1-4H3,(H,26,28);2-6,9-10,13,22H,7-8,11-12H2,1H3,(H,21,23). The molecule has 3 amide bonds. The number of likely N-dealkylation sites (N-methyl/N-ethyl adjacent to an activating group) is 2. The van der Waals surface area contributed by atoms with Crippen LogP contribution in [0.4, 0.5) is 13.6 Å². The Morgan fingerprint density at radius 3 is 1.61 bits per heavy atom. The summed E-state index contributed by atoms with van der Waals surface area (Å²) in [5, 5.41) is 8.17. The molecule has 2 aliphatic heterocycles. The van der Waals surface area contributed by atoms with Gasteiger partial charge in [0.15, 0.2) is 13.2 Å². The molecule has 4 aromatic carbocycles. The number of likely N-dealkylation sites (tertiary alicyclic amines) is 1. The number of nitrogens with one attached hydrogen (secondary N) is 3. The first-order chi connectivity index (χ1) is 28.8. The lowest BCUT2D eigenvalue weighted by Gasteiger charge is -2.24. The second-order valence-corrected chi connectivity index (χ2v) is 19.2. The lowest BCUT2D eigenvalue weighted by molar-refractivity contribution is -0.123. The highest BCUT2D eigenvalue weighted by Gasteiger charge is 2.33. The molecule has 3 N–H and O–H groups in total. The monoisotopic (exact) mass is 884 g/mol. The number of sulfone groups is 2. The van der Waals surface area contributed by atoms with E-state index < -0.39 is 43.0 Å². The summed E-state index contributed by atoms with van der Waals surface area (Å²) in [6, 6.07) is 18.6. The second-order valence-electron chi connectivity index (χ2n) is 15.3. The highest BCUT2D eigenvalue weighted by atomic mass is 32.2. The number of carbonyl (C=O) groups is 3. The van der Waals surface area contributed by atoms with Crippen molar-refractivity contribution in [3.8, 4) is 11.5 Å². The number of amides is 3. The van der Waals surface area contributed by atoms with Crippen LogP contribution in [0.25, 0.3) is 0 Å². The van der Waals surface area contributed by atoms with Gasteiger partial charge in [-0.15, -0.1) is 0 Å². The highest BCUT2D eigenvalue weighted by molar-refractivity contribution is 7.91. The van der Waals surface area contributed by atoms with Crippen molar-refractivity contribution < 1.29 is 54.2 Å². The molecule has 0 saturated carbocycles. The average molecular weight is 885 g/mol. The third-order valence-corrected chi connectivity index (χ3v) is 13.4. The molecule has 14 nitrogen and oxygen atoms in total. The van der Waals surface area contributed by atoms with E-state index in [4.69, 9.17) is 14.2 Å². The van der Waals surface area contributed by atoms with Gasteiger partial charge < -0.3 is 35.1 Å². The Kier molecular flexibility index (Phi) is 15.1. The van der Waals surface area contributed by atoms with Crippen molar-refractivity contribution in [3.63, 3.8) is 0 Å². The highest BCUT2D eigenvalue weighted by Crippen LogP contribution is 2.38. The van der Waals surface area contributed by atoms with E-state index >= 15 is 0 Å². The van der Waals surface area contributed by atoms with Crippen LogP contribution in [0, 0.1) is 11.6 Å². The van der Waals surface area contributed by atoms with Crippen LogP contribution in [0.15, 0.2) is 105 Å². The van der Waals surface area contributed by atoms with E-state index in [1.807, 2.05) is 0 Å². The number of rotatable bonds is 12. The van der Waals surface area contributed by atoms with Gasteiger partial charge in [-0.05, 0) is 112 Å². The molecule has 61 heavy (non-hydrogen) atoms.